The van der Waals surface area contributed by atoms with Gasteiger partial charge in [0.25, 0.3) is 0 Å². The zero-order valence-electron chi connectivity index (χ0n) is 19.1. The summed E-state index contributed by atoms with van der Waals surface area (Å²) in [6.07, 6.45) is 3.31. The molecule has 0 bridgehead atoms. The van der Waals surface area contributed by atoms with Gasteiger partial charge in [0.1, 0.15) is 22.9 Å². The topological polar surface area (TPSA) is 79.6 Å². The van der Waals surface area contributed by atoms with Crippen LogP contribution < -0.4 is 10.6 Å². The molecule has 0 aliphatic carbocycles. The van der Waals surface area contributed by atoms with E-state index in [2.05, 4.69) is 14.7 Å². The molecule has 8 heteroatoms. The SMILES string of the molecule is [C-]#[N+]c1cc(F)cc(-c2ccc3ncc(-c4cc(C)cc(F)c4)c(N4CCC(N)CC4)c3n2)c1O. The van der Waals surface area contributed by atoms with Crippen LogP contribution in [0.15, 0.2) is 48.7 Å². The summed E-state index contributed by atoms with van der Waals surface area (Å²) in [6, 6.07) is 10.5. The minimum absolute atomic E-state index is 0.110. The number of aromatic nitrogens is 2. The van der Waals surface area contributed by atoms with Gasteiger partial charge in [-0.2, -0.15) is 0 Å². The minimum Gasteiger partial charge on any atom is -0.518 e. The molecule has 1 aliphatic rings. The molecule has 2 aromatic heterocycles. The van der Waals surface area contributed by atoms with E-state index in [9.17, 15) is 13.9 Å². The number of phenolic OH excluding ortho intramolecular Hbond substituents is 1. The van der Waals surface area contributed by atoms with E-state index in [0.29, 0.717) is 35.4 Å². The van der Waals surface area contributed by atoms with Crippen LogP contribution in [0.3, 0.4) is 0 Å². The number of halogens is 2. The molecule has 0 saturated carbocycles. The molecule has 5 rings (SSSR count). The molecule has 3 N–H and O–H groups in total. The lowest BCUT2D eigenvalue weighted by Gasteiger charge is -2.34. The fourth-order valence-corrected chi connectivity index (χ4v) is 4.61. The van der Waals surface area contributed by atoms with E-state index in [1.165, 1.54) is 12.1 Å². The molecule has 35 heavy (non-hydrogen) atoms. The number of anilines is 1. The lowest BCUT2D eigenvalue weighted by molar-refractivity contribution is 0.478. The molecule has 0 spiro atoms. The second-order valence-electron chi connectivity index (χ2n) is 8.86. The van der Waals surface area contributed by atoms with Gasteiger partial charge in [0.05, 0.1) is 23.5 Å². The lowest BCUT2D eigenvalue weighted by Crippen LogP contribution is -2.40. The van der Waals surface area contributed by atoms with Gasteiger partial charge in [-0.3, -0.25) is 4.98 Å². The van der Waals surface area contributed by atoms with Crippen LogP contribution in [0.2, 0.25) is 0 Å². The molecular formula is C27H23F2N5O. The molecule has 1 fully saturated rings. The maximum absolute atomic E-state index is 14.3. The number of phenols is 1. The first-order valence-electron chi connectivity index (χ1n) is 11.3. The van der Waals surface area contributed by atoms with E-state index < -0.39 is 5.82 Å². The zero-order valence-corrected chi connectivity index (χ0v) is 19.1. The average molecular weight is 472 g/mol. The van der Waals surface area contributed by atoms with E-state index >= 15 is 0 Å². The Bertz CT molecular complexity index is 1470. The van der Waals surface area contributed by atoms with Crippen LogP contribution in [0.25, 0.3) is 38.3 Å². The molecule has 4 aromatic rings. The van der Waals surface area contributed by atoms with Gasteiger partial charge in [-0.15, -0.1) is 0 Å². The molecule has 1 aliphatic heterocycles. The Balaban J connectivity index is 1.77. The van der Waals surface area contributed by atoms with Crippen LogP contribution in [-0.4, -0.2) is 34.2 Å². The van der Waals surface area contributed by atoms with E-state index in [4.69, 9.17) is 17.3 Å². The molecule has 0 atom stereocenters. The molecule has 0 amide bonds. The molecule has 0 radical (unpaired) electrons. The third kappa shape index (κ3) is 4.27. The number of benzene rings is 2. The van der Waals surface area contributed by atoms with Crippen molar-refractivity contribution >= 4 is 22.4 Å². The van der Waals surface area contributed by atoms with Crippen molar-refractivity contribution in [2.45, 2.75) is 25.8 Å². The third-order valence-corrected chi connectivity index (χ3v) is 6.35. The highest BCUT2D eigenvalue weighted by Crippen LogP contribution is 2.41. The summed E-state index contributed by atoms with van der Waals surface area (Å²) in [5.41, 5.74) is 10.5. The number of nitrogens with two attached hydrogens (primary N) is 1. The van der Waals surface area contributed by atoms with Crippen molar-refractivity contribution in [1.82, 2.24) is 9.97 Å². The Kier molecular flexibility index (Phi) is 5.79. The fraction of sp³-hybridized carbons (Fsp3) is 0.222. The second-order valence-corrected chi connectivity index (χ2v) is 8.86. The number of pyridine rings is 2. The van der Waals surface area contributed by atoms with Gasteiger partial charge < -0.3 is 15.7 Å². The van der Waals surface area contributed by atoms with Gasteiger partial charge in [-0.1, -0.05) is 6.07 Å². The largest absolute Gasteiger partial charge is 0.518 e. The van der Waals surface area contributed by atoms with Crippen LogP contribution in [0.1, 0.15) is 18.4 Å². The zero-order chi connectivity index (χ0) is 24.7. The number of piperidine rings is 1. The van der Waals surface area contributed by atoms with Crippen molar-refractivity contribution in [3.8, 4) is 28.1 Å². The Morgan fingerprint density at radius 2 is 1.80 bits per heavy atom. The third-order valence-electron chi connectivity index (χ3n) is 6.35. The van der Waals surface area contributed by atoms with Crippen molar-refractivity contribution in [2.24, 2.45) is 5.73 Å². The highest BCUT2D eigenvalue weighted by atomic mass is 19.1. The van der Waals surface area contributed by atoms with E-state index in [1.807, 2.05) is 13.0 Å². The number of aromatic hydroxyl groups is 1. The maximum Gasteiger partial charge on any atom is 0.231 e. The van der Waals surface area contributed by atoms with Crippen LogP contribution in [0, 0.1) is 25.1 Å². The quantitative estimate of drug-likeness (QED) is 0.373. The van der Waals surface area contributed by atoms with Gasteiger partial charge in [-0.05, 0) is 67.3 Å². The second kappa shape index (κ2) is 8.93. The highest BCUT2D eigenvalue weighted by molar-refractivity contribution is 5.98. The van der Waals surface area contributed by atoms with E-state index in [0.717, 1.165) is 41.8 Å². The van der Waals surface area contributed by atoms with Crippen LogP contribution in [-0.2, 0) is 0 Å². The van der Waals surface area contributed by atoms with Gasteiger partial charge in [0.15, 0.2) is 0 Å². The molecule has 2 aromatic carbocycles. The first kappa shape index (κ1) is 22.7. The number of hydrogen-bond donors (Lipinski definition) is 2. The summed E-state index contributed by atoms with van der Waals surface area (Å²) < 4.78 is 28.6. The Labute approximate surface area is 201 Å². The Hall–Kier alpha value is -4.09. The summed E-state index contributed by atoms with van der Waals surface area (Å²) in [5.74, 6) is -1.31. The minimum atomic E-state index is -0.641. The van der Waals surface area contributed by atoms with Crippen molar-refractivity contribution < 1.29 is 13.9 Å². The number of rotatable bonds is 3. The Morgan fingerprint density at radius 3 is 2.51 bits per heavy atom. The normalized spacial score (nSPS) is 14.3. The average Bonchev–Trinajstić information content (AvgIpc) is 2.84. The number of nitrogens with zero attached hydrogens (tertiary/aromatic N) is 4. The predicted molar refractivity (Wildman–Crippen MR) is 132 cm³/mol. The van der Waals surface area contributed by atoms with Crippen molar-refractivity contribution in [3.05, 3.63) is 77.3 Å². The summed E-state index contributed by atoms with van der Waals surface area (Å²) >= 11 is 0. The van der Waals surface area contributed by atoms with Gasteiger partial charge in [0.2, 0.25) is 5.69 Å². The standard InChI is InChI=1S/C27H23F2N5O/c1-15-9-16(11-17(28)10-15)21-14-32-23-4-3-22(20-12-18(29)13-24(31-2)27(20)35)33-25(23)26(21)34-7-5-19(30)6-8-34/h3-4,9-14,19,35H,5-8,30H2,1H3. The highest BCUT2D eigenvalue weighted by Gasteiger charge is 2.24. The van der Waals surface area contributed by atoms with Crippen molar-refractivity contribution in [3.63, 3.8) is 0 Å². The number of fused-ring (bicyclic) bond motifs is 1. The van der Waals surface area contributed by atoms with E-state index in [1.54, 1.807) is 18.3 Å². The lowest BCUT2D eigenvalue weighted by atomic mass is 9.98. The van der Waals surface area contributed by atoms with Crippen molar-refractivity contribution in [1.29, 1.82) is 0 Å². The first-order valence-corrected chi connectivity index (χ1v) is 11.3. The monoisotopic (exact) mass is 471 g/mol. The van der Waals surface area contributed by atoms with Crippen LogP contribution >= 0.6 is 0 Å². The summed E-state index contributed by atoms with van der Waals surface area (Å²) in [7, 11) is 0. The van der Waals surface area contributed by atoms with Crippen LogP contribution in [0.4, 0.5) is 20.2 Å². The van der Waals surface area contributed by atoms with Gasteiger partial charge in [0, 0.05) is 36.5 Å². The summed E-state index contributed by atoms with van der Waals surface area (Å²) in [5, 5.41) is 10.6. The summed E-state index contributed by atoms with van der Waals surface area (Å²) in [4.78, 5) is 14.8. The van der Waals surface area contributed by atoms with E-state index in [-0.39, 0.29) is 28.9 Å². The molecule has 6 nitrogen and oxygen atoms in total. The summed E-state index contributed by atoms with van der Waals surface area (Å²) in [6.45, 7) is 10.5. The molecule has 1 saturated heterocycles. The molecule has 3 heterocycles. The molecule has 0 unspecified atom stereocenters. The smallest absolute Gasteiger partial charge is 0.231 e. The van der Waals surface area contributed by atoms with Gasteiger partial charge >= 0.3 is 0 Å². The number of hydrogen-bond acceptors (Lipinski definition) is 5. The first-order chi connectivity index (χ1) is 16.8. The van der Waals surface area contributed by atoms with Crippen molar-refractivity contribution in [2.75, 3.05) is 18.0 Å². The molecule has 176 valence electrons. The van der Waals surface area contributed by atoms with Crippen LogP contribution in [0.5, 0.6) is 5.75 Å². The number of aryl methyl sites for hydroxylation is 1. The predicted octanol–water partition coefficient (Wildman–Crippen LogP) is 5.73. The fourth-order valence-electron chi connectivity index (χ4n) is 4.61. The Morgan fingerprint density at radius 1 is 1.06 bits per heavy atom. The molecular weight excluding hydrogens is 448 g/mol. The maximum atomic E-state index is 14.3. The van der Waals surface area contributed by atoms with Gasteiger partial charge in [-0.25, -0.2) is 18.6 Å².